The molecule has 0 bridgehead atoms. The second-order valence-electron chi connectivity index (χ2n) is 5.99. The summed E-state index contributed by atoms with van der Waals surface area (Å²) in [5.74, 6) is 0.728. The van der Waals surface area contributed by atoms with Crippen LogP contribution in [0.25, 0.3) is 11.0 Å². The number of nitrogens with one attached hydrogen (secondary N) is 1. The van der Waals surface area contributed by atoms with E-state index >= 15 is 0 Å². The molecule has 0 spiro atoms. The van der Waals surface area contributed by atoms with Gasteiger partial charge in [0.1, 0.15) is 5.58 Å². The molecule has 3 rings (SSSR count). The number of furan rings is 1. The lowest BCUT2D eigenvalue weighted by molar-refractivity contribution is 0.0918. The highest BCUT2D eigenvalue weighted by molar-refractivity contribution is 6.20. The first-order valence-corrected chi connectivity index (χ1v) is 7.98. The average Bonchev–Trinajstić information content (AvgIpc) is 2.88. The van der Waals surface area contributed by atoms with Gasteiger partial charge in [-0.05, 0) is 50.3 Å². The second kappa shape index (κ2) is 6.10. The summed E-state index contributed by atoms with van der Waals surface area (Å²) in [6.45, 7) is 2.70. The van der Waals surface area contributed by atoms with Crippen molar-refractivity contribution in [1.82, 2.24) is 5.32 Å². The van der Waals surface area contributed by atoms with E-state index in [1.165, 1.54) is 0 Å². The highest BCUT2D eigenvalue weighted by Gasteiger charge is 2.21. The fourth-order valence-corrected chi connectivity index (χ4v) is 3.42. The normalized spacial score (nSPS) is 22.4. The molecule has 112 valence electrons. The number of aryl methyl sites for hydroxylation is 1. The highest BCUT2D eigenvalue weighted by Crippen LogP contribution is 2.27. The first-order chi connectivity index (χ1) is 10.1. The minimum atomic E-state index is -0.138. The van der Waals surface area contributed by atoms with Gasteiger partial charge in [0.05, 0.1) is 0 Å². The maximum atomic E-state index is 12.2. The third-order valence-corrected chi connectivity index (χ3v) is 4.56. The lowest BCUT2D eigenvalue weighted by atomic mass is 9.89. The van der Waals surface area contributed by atoms with E-state index in [1.807, 2.05) is 31.2 Å². The maximum Gasteiger partial charge on any atom is 0.287 e. The largest absolute Gasteiger partial charge is 0.451 e. The number of alkyl halides is 1. The molecule has 3 nitrogen and oxygen atoms in total. The van der Waals surface area contributed by atoms with E-state index in [4.69, 9.17) is 16.0 Å². The summed E-state index contributed by atoms with van der Waals surface area (Å²) in [5, 5.41) is 4.20. The summed E-state index contributed by atoms with van der Waals surface area (Å²) >= 11 is 6.18. The van der Waals surface area contributed by atoms with Crippen molar-refractivity contribution in [3.63, 3.8) is 0 Å². The van der Waals surface area contributed by atoms with Crippen LogP contribution in [0.15, 0.2) is 28.7 Å². The number of rotatable bonds is 3. The molecule has 1 aromatic heterocycles. The predicted molar refractivity (Wildman–Crippen MR) is 84.9 cm³/mol. The molecule has 0 saturated heterocycles. The first kappa shape index (κ1) is 14.5. The van der Waals surface area contributed by atoms with E-state index in [0.29, 0.717) is 18.2 Å². The van der Waals surface area contributed by atoms with Gasteiger partial charge in [-0.15, -0.1) is 11.6 Å². The minimum absolute atomic E-state index is 0.138. The number of hydrogen-bond acceptors (Lipinski definition) is 2. The summed E-state index contributed by atoms with van der Waals surface area (Å²) in [6.07, 6.45) is 4.37. The van der Waals surface area contributed by atoms with Crippen molar-refractivity contribution in [2.24, 2.45) is 5.92 Å². The van der Waals surface area contributed by atoms with Gasteiger partial charge in [-0.3, -0.25) is 4.79 Å². The van der Waals surface area contributed by atoms with Crippen molar-refractivity contribution in [3.8, 4) is 0 Å². The van der Waals surface area contributed by atoms with Crippen LogP contribution in [0.3, 0.4) is 0 Å². The van der Waals surface area contributed by atoms with E-state index in [1.54, 1.807) is 0 Å². The molecule has 0 aliphatic heterocycles. The zero-order valence-electron chi connectivity index (χ0n) is 12.2. The number of benzene rings is 1. The van der Waals surface area contributed by atoms with Crippen LogP contribution in [0, 0.1) is 12.8 Å². The van der Waals surface area contributed by atoms with E-state index in [-0.39, 0.29) is 11.3 Å². The van der Waals surface area contributed by atoms with E-state index < -0.39 is 0 Å². The van der Waals surface area contributed by atoms with Crippen LogP contribution in [0.5, 0.6) is 0 Å². The Morgan fingerprint density at radius 2 is 2.24 bits per heavy atom. The molecule has 1 aliphatic rings. The minimum Gasteiger partial charge on any atom is -0.451 e. The number of carbonyl (C=O) groups excluding carboxylic acids is 1. The van der Waals surface area contributed by atoms with E-state index in [9.17, 15) is 4.79 Å². The molecule has 4 heteroatoms. The standard InChI is InChI=1S/C17H20ClNO2/c1-11-5-6-15-13(7-11)9-16(21-15)17(20)19-10-12-3-2-4-14(18)8-12/h5-7,9,12,14H,2-4,8,10H2,1H3,(H,19,20). The lowest BCUT2D eigenvalue weighted by Gasteiger charge is -2.25. The molecule has 1 N–H and O–H groups in total. The van der Waals surface area contributed by atoms with Crippen molar-refractivity contribution in [3.05, 3.63) is 35.6 Å². The maximum absolute atomic E-state index is 12.2. The van der Waals surface area contributed by atoms with Crippen LogP contribution in [0.4, 0.5) is 0 Å². The molecule has 2 unspecified atom stereocenters. The average molecular weight is 306 g/mol. The van der Waals surface area contributed by atoms with Crippen LogP contribution < -0.4 is 5.32 Å². The van der Waals surface area contributed by atoms with Crippen molar-refractivity contribution in [2.75, 3.05) is 6.54 Å². The van der Waals surface area contributed by atoms with Crippen LogP contribution >= 0.6 is 11.6 Å². The number of amides is 1. The Kier molecular flexibility index (Phi) is 4.20. The summed E-state index contributed by atoms with van der Waals surface area (Å²) in [5.41, 5.74) is 1.91. The Morgan fingerprint density at radius 1 is 1.38 bits per heavy atom. The SMILES string of the molecule is Cc1ccc2oc(C(=O)NCC3CCCC(Cl)C3)cc2c1. The van der Waals surface area contributed by atoms with Crippen LogP contribution in [0.2, 0.25) is 0 Å². The molecule has 1 saturated carbocycles. The number of fused-ring (bicyclic) bond motifs is 1. The summed E-state index contributed by atoms with van der Waals surface area (Å²) in [4.78, 5) is 12.2. The monoisotopic (exact) mass is 305 g/mol. The van der Waals surface area contributed by atoms with Gasteiger partial charge in [0.25, 0.3) is 5.91 Å². The Balaban J connectivity index is 1.63. The molecule has 1 heterocycles. The third-order valence-electron chi connectivity index (χ3n) is 4.17. The Morgan fingerprint density at radius 3 is 3.05 bits per heavy atom. The lowest BCUT2D eigenvalue weighted by Crippen LogP contribution is -2.31. The van der Waals surface area contributed by atoms with Crippen LogP contribution in [-0.2, 0) is 0 Å². The van der Waals surface area contributed by atoms with Crippen molar-refractivity contribution in [2.45, 2.75) is 38.0 Å². The van der Waals surface area contributed by atoms with Gasteiger partial charge in [-0.1, -0.05) is 18.1 Å². The zero-order chi connectivity index (χ0) is 14.8. The Bertz CT molecular complexity index is 649. The molecule has 1 fully saturated rings. The molecule has 0 radical (unpaired) electrons. The number of carbonyl (C=O) groups is 1. The van der Waals surface area contributed by atoms with Gasteiger partial charge < -0.3 is 9.73 Å². The van der Waals surface area contributed by atoms with Gasteiger partial charge in [-0.2, -0.15) is 0 Å². The topological polar surface area (TPSA) is 42.2 Å². The fourth-order valence-electron chi connectivity index (χ4n) is 3.01. The van der Waals surface area contributed by atoms with Gasteiger partial charge in [0, 0.05) is 17.3 Å². The Hall–Kier alpha value is -1.48. The predicted octanol–water partition coefficient (Wildman–Crippen LogP) is 4.27. The zero-order valence-corrected chi connectivity index (χ0v) is 13.0. The molecule has 2 atom stereocenters. The summed E-state index contributed by atoms with van der Waals surface area (Å²) in [6, 6.07) is 7.72. The van der Waals surface area contributed by atoms with Gasteiger partial charge in [-0.25, -0.2) is 0 Å². The van der Waals surface area contributed by atoms with Crippen LogP contribution in [0.1, 0.15) is 41.8 Å². The van der Waals surface area contributed by atoms with Crippen LogP contribution in [-0.4, -0.2) is 17.8 Å². The quantitative estimate of drug-likeness (QED) is 0.861. The smallest absolute Gasteiger partial charge is 0.287 e. The van der Waals surface area contributed by atoms with Gasteiger partial charge >= 0.3 is 0 Å². The Labute approximate surface area is 129 Å². The van der Waals surface area contributed by atoms with E-state index in [0.717, 1.165) is 42.2 Å². The second-order valence-corrected chi connectivity index (χ2v) is 6.61. The molecule has 1 aromatic carbocycles. The molecule has 1 amide bonds. The summed E-state index contributed by atoms with van der Waals surface area (Å²) < 4.78 is 5.61. The number of halogens is 1. The van der Waals surface area contributed by atoms with Crippen molar-refractivity contribution >= 4 is 28.5 Å². The van der Waals surface area contributed by atoms with E-state index in [2.05, 4.69) is 5.32 Å². The van der Waals surface area contributed by atoms with Crippen molar-refractivity contribution < 1.29 is 9.21 Å². The molecule has 2 aromatic rings. The fraction of sp³-hybridized carbons (Fsp3) is 0.471. The third kappa shape index (κ3) is 3.41. The highest BCUT2D eigenvalue weighted by atomic mass is 35.5. The molecule has 21 heavy (non-hydrogen) atoms. The molecular weight excluding hydrogens is 286 g/mol. The van der Waals surface area contributed by atoms with Gasteiger partial charge in [0.15, 0.2) is 5.76 Å². The molecule has 1 aliphatic carbocycles. The summed E-state index contributed by atoms with van der Waals surface area (Å²) in [7, 11) is 0. The van der Waals surface area contributed by atoms with Crippen molar-refractivity contribution in [1.29, 1.82) is 0 Å². The molecular formula is C17H20ClNO2. The first-order valence-electron chi connectivity index (χ1n) is 7.54. The number of hydrogen-bond donors (Lipinski definition) is 1. The van der Waals surface area contributed by atoms with Gasteiger partial charge in [0.2, 0.25) is 0 Å².